The maximum absolute atomic E-state index is 12.3. The number of hydrogen-bond acceptors (Lipinski definition) is 4. The summed E-state index contributed by atoms with van der Waals surface area (Å²) in [5.74, 6) is 0.539. The lowest BCUT2D eigenvalue weighted by Crippen LogP contribution is -2.26. The second kappa shape index (κ2) is 5.91. The van der Waals surface area contributed by atoms with Gasteiger partial charge in [-0.2, -0.15) is 0 Å². The van der Waals surface area contributed by atoms with Crippen molar-refractivity contribution in [1.29, 1.82) is 0 Å². The molecule has 0 radical (unpaired) electrons. The Morgan fingerprint density at radius 2 is 2.21 bits per heavy atom. The second-order valence-electron chi connectivity index (χ2n) is 5.21. The van der Waals surface area contributed by atoms with E-state index in [0.717, 1.165) is 29.7 Å². The molecule has 19 heavy (non-hydrogen) atoms. The molecule has 0 amide bonds. The van der Waals surface area contributed by atoms with Crippen molar-refractivity contribution in [3.05, 3.63) is 16.5 Å². The first-order valence-corrected chi connectivity index (χ1v) is 9.04. The van der Waals surface area contributed by atoms with Gasteiger partial charge in [-0.1, -0.05) is 13.3 Å². The molecule has 0 saturated heterocycles. The fourth-order valence-electron chi connectivity index (χ4n) is 2.30. The quantitative estimate of drug-likeness (QED) is 0.812. The summed E-state index contributed by atoms with van der Waals surface area (Å²) in [5.41, 5.74) is 1.04. The minimum Gasteiger partial charge on any atom is -0.315 e. The minimum atomic E-state index is -3.33. The van der Waals surface area contributed by atoms with E-state index in [9.17, 15) is 8.42 Å². The molecule has 0 spiro atoms. The molecule has 0 aliphatic heterocycles. The third kappa shape index (κ3) is 3.56. The zero-order valence-corrected chi connectivity index (χ0v) is 13.3. The molecule has 2 atom stereocenters. The van der Waals surface area contributed by atoms with Crippen molar-refractivity contribution in [3.8, 4) is 0 Å². The largest absolute Gasteiger partial charge is 0.315 e. The first-order chi connectivity index (χ1) is 8.97. The van der Waals surface area contributed by atoms with Gasteiger partial charge in [-0.05, 0) is 44.4 Å². The molecule has 1 aliphatic carbocycles. The summed E-state index contributed by atoms with van der Waals surface area (Å²) < 4.78 is 27.8. The summed E-state index contributed by atoms with van der Waals surface area (Å²) in [6.45, 7) is 4.81. The summed E-state index contributed by atoms with van der Waals surface area (Å²) in [4.78, 5) is 1.09. The highest BCUT2D eigenvalue weighted by Gasteiger charge is 2.39. The van der Waals surface area contributed by atoms with Crippen LogP contribution in [0.5, 0.6) is 0 Å². The fraction of sp³-hybridized carbons (Fsp3) is 0.692. The fourth-order valence-corrected chi connectivity index (χ4v) is 5.23. The minimum absolute atomic E-state index is 0.153. The van der Waals surface area contributed by atoms with Gasteiger partial charge in [0.2, 0.25) is 10.0 Å². The highest BCUT2D eigenvalue weighted by atomic mass is 32.2. The maximum atomic E-state index is 12.3. The molecule has 0 bridgehead atoms. The Morgan fingerprint density at radius 3 is 2.84 bits per heavy atom. The first-order valence-electron chi connectivity index (χ1n) is 6.74. The van der Waals surface area contributed by atoms with E-state index in [1.54, 1.807) is 6.07 Å². The van der Waals surface area contributed by atoms with Crippen molar-refractivity contribution in [2.24, 2.45) is 5.92 Å². The van der Waals surface area contributed by atoms with Gasteiger partial charge in [0.25, 0.3) is 0 Å². The van der Waals surface area contributed by atoms with Gasteiger partial charge < -0.3 is 5.32 Å². The summed E-state index contributed by atoms with van der Waals surface area (Å²) in [5, 5.41) is 3.06. The van der Waals surface area contributed by atoms with Crippen LogP contribution in [-0.4, -0.2) is 21.5 Å². The van der Waals surface area contributed by atoms with E-state index in [0.29, 0.717) is 16.7 Å². The monoisotopic (exact) mass is 302 g/mol. The predicted molar refractivity (Wildman–Crippen MR) is 78.9 cm³/mol. The van der Waals surface area contributed by atoms with E-state index < -0.39 is 10.0 Å². The molecule has 1 aromatic heterocycles. The lowest BCUT2D eigenvalue weighted by Gasteiger charge is -2.03. The molecule has 108 valence electrons. The molecule has 4 nitrogen and oxygen atoms in total. The molecule has 0 aromatic carbocycles. The summed E-state index contributed by atoms with van der Waals surface area (Å²) in [6.07, 6.45) is 3.22. The average molecular weight is 302 g/mol. The van der Waals surface area contributed by atoms with Crippen LogP contribution in [0.4, 0.5) is 0 Å². The Kier molecular flexibility index (Phi) is 4.66. The van der Waals surface area contributed by atoms with Crippen molar-refractivity contribution >= 4 is 21.4 Å². The maximum Gasteiger partial charge on any atom is 0.250 e. The zero-order chi connectivity index (χ0) is 14.0. The standard InChI is InChI=1S/C13H22N2O2S2/c1-4-5-10-7-11(10)15-19(16,17)13-6-9(2)12(18-13)8-14-3/h6,10-11,14-15H,4-5,7-8H2,1-3H3. The molecular formula is C13H22N2O2S2. The average Bonchev–Trinajstić information content (AvgIpc) is 2.92. The lowest BCUT2D eigenvalue weighted by molar-refractivity contribution is 0.575. The third-order valence-corrected chi connectivity index (χ3v) is 6.69. The van der Waals surface area contributed by atoms with E-state index in [1.165, 1.54) is 11.3 Å². The number of nitrogens with one attached hydrogen (secondary N) is 2. The van der Waals surface area contributed by atoms with Crippen molar-refractivity contribution < 1.29 is 8.42 Å². The van der Waals surface area contributed by atoms with Crippen LogP contribution >= 0.6 is 11.3 Å². The second-order valence-corrected chi connectivity index (χ2v) is 8.29. The van der Waals surface area contributed by atoms with Gasteiger partial charge in [0.1, 0.15) is 4.21 Å². The van der Waals surface area contributed by atoms with Crippen molar-refractivity contribution in [1.82, 2.24) is 10.0 Å². The predicted octanol–water partition coefficient (Wildman–Crippen LogP) is 2.24. The van der Waals surface area contributed by atoms with Gasteiger partial charge in [-0.15, -0.1) is 11.3 Å². The number of rotatable bonds is 7. The van der Waals surface area contributed by atoms with Crippen molar-refractivity contribution in [2.75, 3.05) is 7.05 Å². The number of thiophene rings is 1. The highest BCUT2D eigenvalue weighted by molar-refractivity contribution is 7.91. The molecular weight excluding hydrogens is 280 g/mol. The molecule has 2 unspecified atom stereocenters. The van der Waals surface area contributed by atoms with Gasteiger partial charge in [0.05, 0.1) is 0 Å². The van der Waals surface area contributed by atoms with Crippen LogP contribution in [-0.2, 0) is 16.6 Å². The van der Waals surface area contributed by atoms with Gasteiger partial charge in [0.15, 0.2) is 0 Å². The molecule has 1 aliphatic rings. The van der Waals surface area contributed by atoms with E-state index in [1.807, 2.05) is 14.0 Å². The smallest absolute Gasteiger partial charge is 0.250 e. The summed E-state index contributed by atoms with van der Waals surface area (Å²) in [7, 11) is -1.46. The third-order valence-electron chi connectivity index (χ3n) is 3.49. The molecule has 6 heteroatoms. The van der Waals surface area contributed by atoms with Crippen LogP contribution in [0.25, 0.3) is 0 Å². The Hall–Kier alpha value is -0.430. The molecule has 2 N–H and O–H groups in total. The molecule has 1 aromatic rings. The number of sulfonamides is 1. The SMILES string of the molecule is CCCC1CC1NS(=O)(=O)c1cc(C)c(CNC)s1. The van der Waals surface area contributed by atoms with Crippen LogP contribution in [0.3, 0.4) is 0 Å². The van der Waals surface area contributed by atoms with Crippen LogP contribution in [0.1, 0.15) is 36.6 Å². The Bertz CT molecular complexity index is 537. The zero-order valence-electron chi connectivity index (χ0n) is 11.7. The molecule has 1 heterocycles. The number of aryl methyl sites for hydroxylation is 1. The van der Waals surface area contributed by atoms with E-state index in [2.05, 4.69) is 17.0 Å². The highest BCUT2D eigenvalue weighted by Crippen LogP contribution is 2.36. The van der Waals surface area contributed by atoms with Crippen LogP contribution in [0, 0.1) is 12.8 Å². The van der Waals surface area contributed by atoms with Crippen LogP contribution in [0.15, 0.2) is 10.3 Å². The van der Waals surface area contributed by atoms with Crippen LogP contribution in [0.2, 0.25) is 0 Å². The Morgan fingerprint density at radius 1 is 1.47 bits per heavy atom. The molecule has 2 rings (SSSR count). The van der Waals surface area contributed by atoms with Crippen molar-refractivity contribution in [2.45, 2.75) is 49.9 Å². The Balaban J connectivity index is 2.06. The van der Waals surface area contributed by atoms with E-state index in [4.69, 9.17) is 0 Å². The molecule has 1 fully saturated rings. The summed E-state index contributed by atoms with van der Waals surface area (Å²) in [6, 6.07) is 1.93. The van der Waals surface area contributed by atoms with E-state index >= 15 is 0 Å². The topological polar surface area (TPSA) is 58.2 Å². The van der Waals surface area contributed by atoms with Gasteiger partial charge in [0, 0.05) is 17.5 Å². The van der Waals surface area contributed by atoms with Gasteiger partial charge in [-0.25, -0.2) is 13.1 Å². The Labute approximate surface area is 119 Å². The summed E-state index contributed by atoms with van der Waals surface area (Å²) >= 11 is 1.36. The van der Waals surface area contributed by atoms with E-state index in [-0.39, 0.29) is 6.04 Å². The molecule has 1 saturated carbocycles. The number of hydrogen-bond donors (Lipinski definition) is 2. The lowest BCUT2D eigenvalue weighted by atomic mass is 10.2. The normalized spacial score (nSPS) is 22.7. The van der Waals surface area contributed by atoms with Crippen molar-refractivity contribution in [3.63, 3.8) is 0 Å². The van der Waals surface area contributed by atoms with Crippen LogP contribution < -0.4 is 10.0 Å². The first kappa shape index (κ1) is 15.0. The van der Waals surface area contributed by atoms with Gasteiger partial charge >= 0.3 is 0 Å². The van der Waals surface area contributed by atoms with Gasteiger partial charge in [-0.3, -0.25) is 0 Å².